The van der Waals surface area contributed by atoms with Crippen molar-refractivity contribution in [3.05, 3.63) is 0 Å². The van der Waals surface area contributed by atoms with Crippen LogP contribution in [0.1, 0.15) is 0 Å². The topological polar surface area (TPSA) is 93.2 Å². The molecule has 8 heavy (non-hydrogen) atoms. The number of carbonyl (C=O) groups excluding carboxylic acids is 2. The van der Waals surface area contributed by atoms with Gasteiger partial charge in [-0.1, -0.05) is 0 Å². The fourth-order valence-corrected chi connectivity index (χ4v) is 0. The standard InChI is InChI=1S/C2H5NO2.CHNO/c1-5-2(3)4;2-1-3/h1H3,(H2,3,4);2H. The first-order chi connectivity index (χ1) is 3.68. The molecule has 0 radical (unpaired) electrons. The van der Waals surface area contributed by atoms with Gasteiger partial charge in [-0.2, -0.15) is 0 Å². The van der Waals surface area contributed by atoms with E-state index >= 15 is 0 Å². The summed E-state index contributed by atoms with van der Waals surface area (Å²) in [5.41, 5.74) is 4.43. The van der Waals surface area contributed by atoms with Crippen molar-refractivity contribution < 1.29 is 14.3 Å². The summed E-state index contributed by atoms with van der Waals surface area (Å²) in [5, 5.41) is 5.40. The van der Waals surface area contributed by atoms with Gasteiger partial charge in [-0.3, -0.25) is 0 Å². The van der Waals surface area contributed by atoms with Crippen LogP contribution in [0, 0.1) is 5.41 Å². The molecule has 0 aliphatic heterocycles. The minimum absolute atomic E-state index is 0.745. The summed E-state index contributed by atoms with van der Waals surface area (Å²) in [7, 11) is 1.22. The molecule has 46 valence electrons. The van der Waals surface area contributed by atoms with Crippen LogP contribution in [0.4, 0.5) is 4.79 Å². The van der Waals surface area contributed by atoms with E-state index in [1.54, 1.807) is 0 Å². The molecule has 1 amide bonds. The zero-order valence-electron chi connectivity index (χ0n) is 4.30. The molecule has 0 fully saturated rings. The van der Waals surface area contributed by atoms with Gasteiger partial charge in [0.1, 0.15) is 0 Å². The molecular weight excluding hydrogens is 112 g/mol. The van der Waals surface area contributed by atoms with Gasteiger partial charge in [0.25, 0.3) is 0 Å². The number of isocyanates is 1. The van der Waals surface area contributed by atoms with Crippen LogP contribution in [0.15, 0.2) is 0 Å². The number of ether oxygens (including phenoxy) is 1. The molecule has 0 aromatic heterocycles. The number of primary amides is 1. The Morgan fingerprint density at radius 1 is 1.88 bits per heavy atom. The van der Waals surface area contributed by atoms with Gasteiger partial charge in [0.2, 0.25) is 6.08 Å². The molecule has 0 saturated heterocycles. The van der Waals surface area contributed by atoms with Crippen molar-refractivity contribution in [1.29, 1.82) is 5.41 Å². The van der Waals surface area contributed by atoms with Crippen LogP contribution in [0.25, 0.3) is 0 Å². The molecule has 0 saturated carbocycles. The van der Waals surface area contributed by atoms with E-state index in [0.29, 0.717) is 0 Å². The van der Waals surface area contributed by atoms with Gasteiger partial charge in [-0.05, 0) is 0 Å². The Morgan fingerprint density at radius 3 is 2.00 bits per heavy atom. The third-order valence-corrected chi connectivity index (χ3v) is 0.201. The number of amides is 1. The van der Waals surface area contributed by atoms with E-state index in [0.717, 1.165) is 6.08 Å². The van der Waals surface area contributed by atoms with Crippen LogP contribution in [-0.2, 0) is 9.53 Å². The Bertz CT molecular complexity index is 94.7. The van der Waals surface area contributed by atoms with Crippen molar-refractivity contribution in [2.45, 2.75) is 0 Å². The lowest BCUT2D eigenvalue weighted by Gasteiger charge is -1.81. The lowest BCUT2D eigenvalue weighted by atomic mass is 11.3. The van der Waals surface area contributed by atoms with Gasteiger partial charge >= 0.3 is 6.09 Å². The minimum atomic E-state index is -0.745. The molecule has 0 heterocycles. The SMILES string of the molecule is COC(N)=O.N=C=O. The first-order valence-electron chi connectivity index (χ1n) is 1.56. The quantitative estimate of drug-likeness (QED) is 0.335. The fourth-order valence-electron chi connectivity index (χ4n) is 0. The second-order valence-electron chi connectivity index (χ2n) is 0.625. The number of rotatable bonds is 0. The van der Waals surface area contributed by atoms with Crippen LogP contribution in [-0.4, -0.2) is 19.3 Å². The van der Waals surface area contributed by atoms with E-state index in [1.807, 2.05) is 0 Å². The van der Waals surface area contributed by atoms with Gasteiger partial charge < -0.3 is 10.5 Å². The van der Waals surface area contributed by atoms with E-state index in [-0.39, 0.29) is 0 Å². The highest BCUT2D eigenvalue weighted by molar-refractivity contribution is 5.64. The van der Waals surface area contributed by atoms with E-state index in [9.17, 15) is 4.79 Å². The van der Waals surface area contributed by atoms with E-state index in [4.69, 9.17) is 10.2 Å². The van der Waals surface area contributed by atoms with Gasteiger partial charge in [-0.15, -0.1) is 0 Å². The molecule has 0 aromatic rings. The average molecular weight is 118 g/mol. The van der Waals surface area contributed by atoms with E-state index in [2.05, 4.69) is 10.5 Å². The summed E-state index contributed by atoms with van der Waals surface area (Å²) in [4.78, 5) is 17.7. The van der Waals surface area contributed by atoms with Crippen molar-refractivity contribution >= 4 is 12.2 Å². The van der Waals surface area contributed by atoms with E-state index < -0.39 is 6.09 Å². The third-order valence-electron chi connectivity index (χ3n) is 0.201. The number of hydrogen-bond acceptors (Lipinski definition) is 4. The van der Waals surface area contributed by atoms with Crippen LogP contribution in [0.2, 0.25) is 0 Å². The Kier molecular flexibility index (Phi) is 11.3. The second-order valence-corrected chi connectivity index (χ2v) is 0.625. The summed E-state index contributed by atoms with van der Waals surface area (Å²) in [6, 6.07) is 0. The maximum absolute atomic E-state index is 9.37. The lowest BCUT2D eigenvalue weighted by Crippen LogP contribution is -2.08. The molecule has 0 rings (SSSR count). The number of nitrogens with two attached hydrogens (primary N) is 1. The lowest BCUT2D eigenvalue weighted by molar-refractivity contribution is 0.182. The number of carbonyl (C=O) groups is 1. The summed E-state index contributed by atoms with van der Waals surface area (Å²) < 4.78 is 3.89. The Hall–Kier alpha value is -1.35. The maximum atomic E-state index is 9.37. The molecule has 0 atom stereocenters. The number of methoxy groups -OCH3 is 1. The summed E-state index contributed by atoms with van der Waals surface area (Å²) in [6.07, 6.45) is 0.00463. The minimum Gasteiger partial charge on any atom is -0.453 e. The Balaban J connectivity index is 0. The van der Waals surface area contributed by atoms with Gasteiger partial charge in [0.15, 0.2) is 0 Å². The summed E-state index contributed by atoms with van der Waals surface area (Å²) in [6.45, 7) is 0. The molecule has 3 N–H and O–H groups in total. The van der Waals surface area contributed by atoms with Crippen molar-refractivity contribution in [3.63, 3.8) is 0 Å². The number of hydrogen-bond donors (Lipinski definition) is 2. The van der Waals surface area contributed by atoms with Crippen LogP contribution in [0.5, 0.6) is 0 Å². The first-order valence-corrected chi connectivity index (χ1v) is 1.56. The zero-order chi connectivity index (χ0) is 6.99. The molecule has 0 unspecified atom stereocenters. The van der Waals surface area contributed by atoms with Gasteiger partial charge in [0, 0.05) is 0 Å². The third kappa shape index (κ3) is 147. The fraction of sp³-hybridized carbons (Fsp3) is 0.333. The van der Waals surface area contributed by atoms with Crippen molar-refractivity contribution in [1.82, 2.24) is 0 Å². The molecule has 0 aromatic carbocycles. The van der Waals surface area contributed by atoms with Crippen LogP contribution >= 0.6 is 0 Å². The molecule has 0 spiro atoms. The smallest absolute Gasteiger partial charge is 0.404 e. The highest BCUT2D eigenvalue weighted by atomic mass is 16.5. The highest BCUT2D eigenvalue weighted by Gasteiger charge is 1.76. The van der Waals surface area contributed by atoms with E-state index in [1.165, 1.54) is 7.11 Å². The number of nitrogens with one attached hydrogen (secondary N) is 1. The second kappa shape index (κ2) is 9.17. The molecule has 0 aliphatic carbocycles. The van der Waals surface area contributed by atoms with Crippen LogP contribution in [0.3, 0.4) is 0 Å². The average Bonchev–Trinajstić information content (AvgIpc) is 1.69. The highest BCUT2D eigenvalue weighted by Crippen LogP contribution is 1.55. The molecular formula is C3H6N2O3. The Morgan fingerprint density at radius 2 is 2.00 bits per heavy atom. The maximum Gasteiger partial charge on any atom is 0.404 e. The predicted molar refractivity (Wildman–Crippen MR) is 25.0 cm³/mol. The van der Waals surface area contributed by atoms with Crippen molar-refractivity contribution in [3.8, 4) is 0 Å². The van der Waals surface area contributed by atoms with Gasteiger partial charge in [0.05, 0.1) is 7.11 Å². The summed E-state index contributed by atoms with van der Waals surface area (Å²) in [5.74, 6) is 0. The Labute approximate surface area is 45.9 Å². The first kappa shape index (κ1) is 9.82. The molecule has 5 heteroatoms. The van der Waals surface area contributed by atoms with Crippen molar-refractivity contribution in [2.24, 2.45) is 5.73 Å². The molecule has 0 aliphatic rings. The normalized spacial score (nSPS) is 5.12. The van der Waals surface area contributed by atoms with Crippen molar-refractivity contribution in [2.75, 3.05) is 7.11 Å². The zero-order valence-corrected chi connectivity index (χ0v) is 4.30. The summed E-state index contributed by atoms with van der Waals surface area (Å²) >= 11 is 0. The predicted octanol–water partition coefficient (Wildman–Crippen LogP) is -0.388. The largest absolute Gasteiger partial charge is 0.453 e. The van der Waals surface area contributed by atoms with Gasteiger partial charge in [-0.25, -0.2) is 15.0 Å². The van der Waals surface area contributed by atoms with Crippen LogP contribution < -0.4 is 5.73 Å². The molecule has 5 nitrogen and oxygen atoms in total. The monoisotopic (exact) mass is 118 g/mol. The molecule has 0 bridgehead atoms.